The first kappa shape index (κ1) is 14.3. The van der Waals surface area contributed by atoms with Crippen LogP contribution in [0.25, 0.3) is 0 Å². The summed E-state index contributed by atoms with van der Waals surface area (Å²) in [6.07, 6.45) is 2.33. The van der Waals surface area contributed by atoms with Gasteiger partial charge in [0.25, 0.3) is 5.91 Å². The molecule has 2 N–H and O–H groups in total. The highest BCUT2D eigenvalue weighted by molar-refractivity contribution is 6.05. The molecule has 0 bridgehead atoms. The van der Waals surface area contributed by atoms with Crippen LogP contribution < -0.4 is 5.32 Å². The molecule has 3 rings (SSSR count). The molecular formula is C16H17N3O3. The Morgan fingerprint density at radius 1 is 1.32 bits per heavy atom. The Morgan fingerprint density at radius 2 is 2.05 bits per heavy atom. The minimum Gasteiger partial charge on any atom is -0.478 e. The Balaban J connectivity index is 1.79. The van der Waals surface area contributed by atoms with Gasteiger partial charge in [-0.3, -0.25) is 9.48 Å². The zero-order valence-electron chi connectivity index (χ0n) is 12.2. The van der Waals surface area contributed by atoms with Crippen LogP contribution in [0.15, 0.2) is 30.3 Å². The lowest BCUT2D eigenvalue weighted by Crippen LogP contribution is -2.13. The van der Waals surface area contributed by atoms with Crippen molar-refractivity contribution in [3.05, 3.63) is 47.2 Å². The molecule has 22 heavy (non-hydrogen) atoms. The number of carboxylic acid groups (broad SMARTS) is 1. The topological polar surface area (TPSA) is 84.2 Å². The molecule has 2 aromatic rings. The van der Waals surface area contributed by atoms with E-state index in [2.05, 4.69) is 10.4 Å². The summed E-state index contributed by atoms with van der Waals surface area (Å²) in [4.78, 5) is 23.2. The molecule has 1 aliphatic rings. The Morgan fingerprint density at radius 3 is 2.68 bits per heavy atom. The number of rotatable bonds is 5. The van der Waals surface area contributed by atoms with E-state index < -0.39 is 5.97 Å². The summed E-state index contributed by atoms with van der Waals surface area (Å²) in [5.41, 5.74) is 1.54. The first-order valence-corrected chi connectivity index (χ1v) is 7.31. The van der Waals surface area contributed by atoms with E-state index in [9.17, 15) is 9.59 Å². The summed E-state index contributed by atoms with van der Waals surface area (Å²) < 4.78 is 1.90. The second kappa shape index (κ2) is 5.63. The largest absolute Gasteiger partial charge is 0.478 e. The van der Waals surface area contributed by atoms with Gasteiger partial charge in [-0.2, -0.15) is 5.10 Å². The van der Waals surface area contributed by atoms with E-state index in [4.69, 9.17) is 5.11 Å². The number of anilines is 1. The summed E-state index contributed by atoms with van der Waals surface area (Å²) in [5.74, 6) is -0.352. The van der Waals surface area contributed by atoms with Crippen LogP contribution >= 0.6 is 0 Å². The fraction of sp³-hybridized carbons (Fsp3) is 0.312. The number of carbonyl (C=O) groups excluding carboxylic acids is 1. The van der Waals surface area contributed by atoms with Crippen molar-refractivity contribution in [2.24, 2.45) is 0 Å². The SMILES string of the molecule is CCn1nc(NC(=O)c2cccc(C(=O)O)c2)cc1C1CC1. The maximum atomic E-state index is 12.2. The number of benzene rings is 1. The van der Waals surface area contributed by atoms with Gasteiger partial charge in [0.1, 0.15) is 0 Å². The molecule has 1 aromatic heterocycles. The van der Waals surface area contributed by atoms with Crippen LogP contribution in [0.4, 0.5) is 5.82 Å². The zero-order valence-corrected chi connectivity index (χ0v) is 12.2. The molecule has 0 saturated heterocycles. The molecule has 0 spiro atoms. The molecule has 1 amide bonds. The summed E-state index contributed by atoms with van der Waals surface area (Å²) in [6.45, 7) is 2.77. The van der Waals surface area contributed by atoms with E-state index in [-0.39, 0.29) is 11.5 Å². The molecular weight excluding hydrogens is 282 g/mol. The second-order valence-corrected chi connectivity index (χ2v) is 5.38. The Kier molecular flexibility index (Phi) is 3.66. The van der Waals surface area contributed by atoms with Gasteiger partial charge in [-0.05, 0) is 38.0 Å². The molecule has 0 aliphatic heterocycles. The third-order valence-corrected chi connectivity index (χ3v) is 3.72. The van der Waals surface area contributed by atoms with Crippen molar-refractivity contribution in [3.8, 4) is 0 Å². The maximum Gasteiger partial charge on any atom is 0.335 e. The summed E-state index contributed by atoms with van der Waals surface area (Å²) in [7, 11) is 0. The van der Waals surface area contributed by atoms with Crippen LogP contribution in [-0.2, 0) is 6.54 Å². The molecule has 6 nitrogen and oxygen atoms in total. The van der Waals surface area contributed by atoms with Crippen molar-refractivity contribution in [2.75, 3.05) is 5.32 Å². The number of nitrogens with one attached hydrogen (secondary N) is 1. The van der Waals surface area contributed by atoms with Crippen molar-refractivity contribution in [3.63, 3.8) is 0 Å². The van der Waals surface area contributed by atoms with Crippen molar-refractivity contribution in [2.45, 2.75) is 32.2 Å². The first-order chi connectivity index (χ1) is 10.6. The Bertz CT molecular complexity index is 732. The van der Waals surface area contributed by atoms with E-state index in [0.29, 0.717) is 17.3 Å². The third-order valence-electron chi connectivity index (χ3n) is 3.72. The molecule has 1 aromatic carbocycles. The smallest absolute Gasteiger partial charge is 0.335 e. The zero-order chi connectivity index (χ0) is 15.7. The first-order valence-electron chi connectivity index (χ1n) is 7.31. The average molecular weight is 299 g/mol. The van der Waals surface area contributed by atoms with Gasteiger partial charge in [-0.25, -0.2) is 4.79 Å². The molecule has 0 radical (unpaired) electrons. The lowest BCUT2D eigenvalue weighted by Gasteiger charge is -2.03. The predicted molar refractivity (Wildman–Crippen MR) is 81.2 cm³/mol. The molecule has 1 fully saturated rings. The van der Waals surface area contributed by atoms with Gasteiger partial charge in [0.15, 0.2) is 5.82 Å². The van der Waals surface area contributed by atoms with Crippen LogP contribution in [0.5, 0.6) is 0 Å². The molecule has 6 heteroatoms. The number of carboxylic acids is 1. The van der Waals surface area contributed by atoms with Crippen LogP contribution in [0.3, 0.4) is 0 Å². The van der Waals surface area contributed by atoms with Crippen molar-refractivity contribution in [1.82, 2.24) is 9.78 Å². The number of nitrogens with zero attached hydrogens (tertiary/aromatic N) is 2. The summed E-state index contributed by atoms with van der Waals surface area (Å²) in [5, 5.41) is 16.1. The number of aromatic nitrogens is 2. The summed E-state index contributed by atoms with van der Waals surface area (Å²) >= 11 is 0. The van der Waals surface area contributed by atoms with Crippen molar-refractivity contribution < 1.29 is 14.7 Å². The highest BCUT2D eigenvalue weighted by atomic mass is 16.4. The molecule has 1 saturated carbocycles. The van der Waals surface area contributed by atoms with Gasteiger partial charge >= 0.3 is 5.97 Å². The van der Waals surface area contributed by atoms with E-state index >= 15 is 0 Å². The number of amides is 1. The fourth-order valence-electron chi connectivity index (χ4n) is 2.44. The lowest BCUT2D eigenvalue weighted by molar-refractivity contribution is 0.0697. The van der Waals surface area contributed by atoms with Gasteiger partial charge in [0.05, 0.1) is 5.56 Å². The number of aromatic carboxylic acids is 1. The molecule has 0 atom stereocenters. The normalized spacial score (nSPS) is 13.9. The molecule has 114 valence electrons. The highest BCUT2D eigenvalue weighted by Gasteiger charge is 2.28. The number of aryl methyl sites for hydroxylation is 1. The van der Waals surface area contributed by atoms with Gasteiger partial charge < -0.3 is 10.4 Å². The number of hydrogen-bond donors (Lipinski definition) is 2. The van der Waals surface area contributed by atoms with Crippen LogP contribution in [-0.4, -0.2) is 26.8 Å². The van der Waals surface area contributed by atoms with E-state index in [1.54, 1.807) is 12.1 Å². The predicted octanol–water partition coefficient (Wildman–Crippen LogP) is 2.73. The van der Waals surface area contributed by atoms with E-state index in [1.807, 2.05) is 17.7 Å². The fourth-order valence-corrected chi connectivity index (χ4v) is 2.44. The maximum absolute atomic E-state index is 12.2. The van der Waals surface area contributed by atoms with Crippen molar-refractivity contribution >= 4 is 17.7 Å². The quantitative estimate of drug-likeness (QED) is 0.889. The van der Waals surface area contributed by atoms with Gasteiger partial charge in [-0.1, -0.05) is 6.07 Å². The monoisotopic (exact) mass is 299 g/mol. The highest BCUT2D eigenvalue weighted by Crippen LogP contribution is 2.40. The van der Waals surface area contributed by atoms with Crippen LogP contribution in [0, 0.1) is 0 Å². The lowest BCUT2D eigenvalue weighted by atomic mass is 10.1. The standard InChI is InChI=1S/C16H17N3O3/c1-2-19-13(10-6-7-10)9-14(18-19)17-15(20)11-4-3-5-12(8-11)16(21)22/h3-5,8-10H,2,6-7H2,1H3,(H,21,22)(H,17,18,20). The van der Waals surface area contributed by atoms with Crippen LogP contribution in [0.1, 0.15) is 52.1 Å². The van der Waals surface area contributed by atoms with Crippen molar-refractivity contribution in [1.29, 1.82) is 0 Å². The minimum atomic E-state index is -1.05. The van der Waals surface area contributed by atoms with E-state index in [0.717, 1.165) is 12.2 Å². The van der Waals surface area contributed by atoms with Gasteiger partial charge in [-0.15, -0.1) is 0 Å². The summed E-state index contributed by atoms with van der Waals surface area (Å²) in [6, 6.07) is 7.85. The molecule has 1 aliphatic carbocycles. The van der Waals surface area contributed by atoms with E-state index in [1.165, 1.54) is 25.0 Å². The molecule has 1 heterocycles. The van der Waals surface area contributed by atoms with Gasteiger partial charge in [0.2, 0.25) is 0 Å². The molecule has 0 unspecified atom stereocenters. The van der Waals surface area contributed by atoms with Crippen LogP contribution in [0.2, 0.25) is 0 Å². The Labute approximate surface area is 127 Å². The average Bonchev–Trinajstić information content (AvgIpc) is 3.28. The number of carbonyl (C=O) groups is 2. The Hall–Kier alpha value is -2.63. The minimum absolute atomic E-state index is 0.0883. The number of hydrogen-bond acceptors (Lipinski definition) is 3. The third kappa shape index (κ3) is 2.86. The van der Waals surface area contributed by atoms with Gasteiger partial charge in [0, 0.05) is 29.8 Å². The second-order valence-electron chi connectivity index (χ2n) is 5.38.